The third-order valence-electron chi connectivity index (χ3n) is 3.38. The lowest BCUT2D eigenvalue weighted by atomic mass is 10.2. The first kappa shape index (κ1) is 14.1. The number of halogens is 1. The Kier molecular flexibility index (Phi) is 3.55. The average Bonchev–Trinajstić information content (AvgIpc) is 2.83. The number of carbonyl (C=O) groups is 1. The van der Waals surface area contributed by atoms with Crippen molar-refractivity contribution in [3.8, 4) is 11.5 Å². The number of H-pyrrole nitrogens is 1. The van der Waals surface area contributed by atoms with E-state index >= 15 is 0 Å². The Labute approximate surface area is 126 Å². The summed E-state index contributed by atoms with van der Waals surface area (Å²) in [5, 5.41) is 0.676. The molecule has 1 N–H and O–H groups in total. The van der Waals surface area contributed by atoms with Gasteiger partial charge < -0.3 is 14.5 Å². The zero-order chi connectivity index (χ0) is 15.7. The van der Waals surface area contributed by atoms with E-state index in [-0.39, 0.29) is 5.82 Å². The minimum absolute atomic E-state index is 0.322. The number of hydrogen-bond acceptors (Lipinski definition) is 3. The fourth-order valence-corrected chi connectivity index (χ4v) is 2.30. The maximum atomic E-state index is 13.4. The molecule has 1 heterocycles. The van der Waals surface area contributed by atoms with E-state index in [9.17, 15) is 9.18 Å². The van der Waals surface area contributed by atoms with Crippen LogP contribution < -0.4 is 4.74 Å². The van der Waals surface area contributed by atoms with Gasteiger partial charge in [-0.2, -0.15) is 0 Å². The molecule has 0 saturated heterocycles. The number of rotatable bonds is 3. The number of ether oxygens (including phenoxy) is 2. The molecule has 3 rings (SSSR count). The van der Waals surface area contributed by atoms with Crippen molar-refractivity contribution in [1.82, 2.24) is 4.98 Å². The summed E-state index contributed by atoms with van der Waals surface area (Å²) in [6.07, 6.45) is 0. The number of carbonyl (C=O) groups excluding carboxylic acids is 1. The van der Waals surface area contributed by atoms with E-state index in [0.29, 0.717) is 22.4 Å². The Bertz CT molecular complexity index is 837. The van der Waals surface area contributed by atoms with Gasteiger partial charge in [-0.25, -0.2) is 9.18 Å². The highest BCUT2D eigenvalue weighted by Gasteiger charge is 2.12. The zero-order valence-corrected chi connectivity index (χ0v) is 12.1. The summed E-state index contributed by atoms with van der Waals surface area (Å²) in [7, 11) is 1.33. The molecular weight excluding hydrogens is 285 g/mol. The van der Waals surface area contributed by atoms with Crippen molar-refractivity contribution in [3.63, 3.8) is 0 Å². The molecule has 4 nitrogen and oxygen atoms in total. The highest BCUT2D eigenvalue weighted by molar-refractivity contribution is 5.90. The summed E-state index contributed by atoms with van der Waals surface area (Å²) >= 11 is 0. The molecule has 0 aliphatic heterocycles. The van der Waals surface area contributed by atoms with Gasteiger partial charge in [-0.05, 0) is 49.4 Å². The molecule has 0 amide bonds. The van der Waals surface area contributed by atoms with Crippen molar-refractivity contribution < 1.29 is 18.7 Å². The second-order valence-corrected chi connectivity index (χ2v) is 4.89. The van der Waals surface area contributed by atoms with Crippen LogP contribution in [0.3, 0.4) is 0 Å². The maximum Gasteiger partial charge on any atom is 0.337 e. The number of nitrogens with one attached hydrogen (secondary N) is 1. The summed E-state index contributed by atoms with van der Waals surface area (Å²) < 4.78 is 23.9. The van der Waals surface area contributed by atoms with Crippen LogP contribution >= 0.6 is 0 Å². The molecule has 0 unspecified atom stereocenters. The van der Waals surface area contributed by atoms with Crippen LogP contribution in [-0.4, -0.2) is 18.1 Å². The van der Waals surface area contributed by atoms with Crippen molar-refractivity contribution >= 4 is 16.9 Å². The molecule has 0 spiro atoms. The topological polar surface area (TPSA) is 51.3 Å². The van der Waals surface area contributed by atoms with E-state index in [1.807, 2.05) is 6.92 Å². The van der Waals surface area contributed by atoms with Gasteiger partial charge in [-0.15, -0.1) is 0 Å². The number of methoxy groups -OCH3 is 1. The number of aromatic nitrogens is 1. The predicted octanol–water partition coefficient (Wildman–Crippen LogP) is 4.19. The van der Waals surface area contributed by atoms with E-state index in [2.05, 4.69) is 9.72 Å². The van der Waals surface area contributed by atoms with Crippen molar-refractivity contribution in [2.24, 2.45) is 0 Å². The summed E-state index contributed by atoms with van der Waals surface area (Å²) in [6.45, 7) is 1.86. The Morgan fingerprint density at radius 2 is 1.86 bits per heavy atom. The number of esters is 1. The van der Waals surface area contributed by atoms with Crippen LogP contribution in [0, 0.1) is 12.7 Å². The minimum atomic E-state index is -0.406. The van der Waals surface area contributed by atoms with Gasteiger partial charge >= 0.3 is 5.97 Å². The molecule has 0 bridgehead atoms. The number of benzene rings is 2. The van der Waals surface area contributed by atoms with Gasteiger partial charge in [-0.1, -0.05) is 0 Å². The normalized spacial score (nSPS) is 10.7. The smallest absolute Gasteiger partial charge is 0.337 e. The number of aromatic amines is 1. The molecule has 0 saturated carbocycles. The van der Waals surface area contributed by atoms with Gasteiger partial charge in [-0.3, -0.25) is 0 Å². The molecule has 5 heteroatoms. The van der Waals surface area contributed by atoms with Gasteiger partial charge in [0.2, 0.25) is 0 Å². The van der Waals surface area contributed by atoms with Crippen LogP contribution in [0.15, 0.2) is 42.5 Å². The van der Waals surface area contributed by atoms with E-state index < -0.39 is 5.97 Å². The van der Waals surface area contributed by atoms with Crippen LogP contribution in [0.1, 0.15) is 16.1 Å². The Hall–Kier alpha value is -2.82. The average molecular weight is 299 g/mol. The second-order valence-electron chi connectivity index (χ2n) is 4.89. The third-order valence-corrected chi connectivity index (χ3v) is 3.38. The van der Waals surface area contributed by atoms with Crippen molar-refractivity contribution in [2.75, 3.05) is 7.11 Å². The Morgan fingerprint density at radius 3 is 2.55 bits per heavy atom. The first-order valence-electron chi connectivity index (χ1n) is 6.72. The summed E-state index contributed by atoms with van der Waals surface area (Å²) in [4.78, 5) is 14.5. The van der Waals surface area contributed by atoms with Crippen molar-refractivity contribution in [3.05, 3.63) is 59.5 Å². The van der Waals surface area contributed by atoms with Crippen LogP contribution in [0.5, 0.6) is 11.5 Å². The van der Waals surface area contributed by atoms with E-state index in [0.717, 1.165) is 11.2 Å². The quantitative estimate of drug-likeness (QED) is 0.738. The summed E-state index contributed by atoms with van der Waals surface area (Å²) in [6, 6.07) is 11.1. The maximum absolute atomic E-state index is 13.4. The molecule has 0 aliphatic rings. The molecule has 0 fully saturated rings. The molecule has 0 radical (unpaired) electrons. The second kappa shape index (κ2) is 5.52. The van der Waals surface area contributed by atoms with Crippen LogP contribution in [0.2, 0.25) is 0 Å². The highest BCUT2D eigenvalue weighted by atomic mass is 19.1. The first-order valence-corrected chi connectivity index (χ1v) is 6.72. The third kappa shape index (κ3) is 2.53. The van der Waals surface area contributed by atoms with Gasteiger partial charge in [0.05, 0.1) is 18.4 Å². The number of aryl methyl sites for hydroxylation is 1. The van der Waals surface area contributed by atoms with Crippen molar-refractivity contribution in [2.45, 2.75) is 6.92 Å². The molecule has 0 aliphatic carbocycles. The summed E-state index contributed by atoms with van der Waals surface area (Å²) in [5.74, 6) is 0.399. The van der Waals surface area contributed by atoms with E-state index in [4.69, 9.17) is 4.74 Å². The molecule has 1 aromatic heterocycles. The fourth-order valence-electron chi connectivity index (χ4n) is 2.30. The van der Waals surface area contributed by atoms with Crippen molar-refractivity contribution in [1.29, 1.82) is 0 Å². The molecule has 3 aromatic rings. The largest absolute Gasteiger partial charge is 0.465 e. The monoisotopic (exact) mass is 299 g/mol. The van der Waals surface area contributed by atoms with Gasteiger partial charge in [0.15, 0.2) is 5.75 Å². The summed E-state index contributed by atoms with van der Waals surface area (Å²) in [5.41, 5.74) is 2.05. The molecular formula is C17H14FNO3. The van der Waals surface area contributed by atoms with Crippen LogP contribution in [0.4, 0.5) is 4.39 Å². The van der Waals surface area contributed by atoms with Gasteiger partial charge in [0, 0.05) is 10.9 Å². The Morgan fingerprint density at radius 1 is 1.14 bits per heavy atom. The molecule has 112 valence electrons. The standard InChI is InChI=1S/C17H14FNO3/c1-10-16(14-9-12(18)5-8-15(14)19-10)22-13-6-3-11(4-7-13)17(20)21-2/h3-9,19H,1-2H3. The van der Waals surface area contributed by atoms with E-state index in [1.165, 1.54) is 19.2 Å². The first-order chi connectivity index (χ1) is 10.6. The lowest BCUT2D eigenvalue weighted by molar-refractivity contribution is 0.0600. The molecule has 22 heavy (non-hydrogen) atoms. The SMILES string of the molecule is COC(=O)c1ccc(Oc2c(C)[nH]c3ccc(F)cc23)cc1. The Balaban J connectivity index is 1.94. The van der Waals surface area contributed by atoms with Gasteiger partial charge in [0.1, 0.15) is 11.6 Å². The number of fused-ring (bicyclic) bond motifs is 1. The van der Waals surface area contributed by atoms with Crippen LogP contribution in [-0.2, 0) is 4.74 Å². The lowest BCUT2D eigenvalue weighted by Crippen LogP contribution is -2.00. The highest BCUT2D eigenvalue weighted by Crippen LogP contribution is 2.34. The van der Waals surface area contributed by atoms with Gasteiger partial charge in [0.25, 0.3) is 0 Å². The van der Waals surface area contributed by atoms with E-state index in [1.54, 1.807) is 30.3 Å². The van der Waals surface area contributed by atoms with Crippen LogP contribution in [0.25, 0.3) is 10.9 Å². The zero-order valence-electron chi connectivity index (χ0n) is 12.1. The fraction of sp³-hybridized carbons (Fsp3) is 0.118. The predicted molar refractivity (Wildman–Crippen MR) is 80.8 cm³/mol. The lowest BCUT2D eigenvalue weighted by Gasteiger charge is -2.06. The minimum Gasteiger partial charge on any atom is -0.465 e. The number of hydrogen-bond donors (Lipinski definition) is 1. The molecule has 0 atom stereocenters. The molecule has 2 aromatic carbocycles.